The molecule has 0 saturated heterocycles. The zero-order chi connectivity index (χ0) is 11.3. The molecular weight excluding hydrogens is 227 g/mol. The Labute approximate surface area is 89.5 Å². The number of aromatic nitrogens is 2. The van der Waals surface area contributed by atoms with E-state index in [0.717, 1.165) is 4.57 Å². The maximum atomic E-state index is 12.1. The standard InChI is InChI=1S/C8H10F3N3S/c1-12-15-5-2-7-13-3-4-14(7)6-8(9,10)11/h2-5,12H,6H2,1H3/b5-2+. The fraction of sp³-hybridized carbons (Fsp3) is 0.375. The van der Waals surface area contributed by atoms with Crippen molar-refractivity contribution in [3.8, 4) is 0 Å². The predicted octanol–water partition coefficient (Wildman–Crippen LogP) is 2.28. The van der Waals surface area contributed by atoms with Crippen molar-refractivity contribution in [3.63, 3.8) is 0 Å². The Kier molecular flexibility index (Phi) is 4.22. The Morgan fingerprint density at radius 1 is 1.60 bits per heavy atom. The van der Waals surface area contributed by atoms with Gasteiger partial charge in [0.05, 0.1) is 0 Å². The highest BCUT2D eigenvalue weighted by Crippen LogP contribution is 2.18. The number of halogens is 3. The molecule has 0 amide bonds. The minimum Gasteiger partial charge on any atom is -0.322 e. The molecule has 1 aromatic rings. The van der Waals surface area contributed by atoms with E-state index in [2.05, 4.69) is 9.71 Å². The van der Waals surface area contributed by atoms with E-state index in [4.69, 9.17) is 0 Å². The summed E-state index contributed by atoms with van der Waals surface area (Å²) in [4.78, 5) is 3.81. The van der Waals surface area contributed by atoms with Gasteiger partial charge in [0.25, 0.3) is 0 Å². The maximum Gasteiger partial charge on any atom is 0.406 e. The third-order valence-corrected chi connectivity index (χ3v) is 2.01. The lowest BCUT2D eigenvalue weighted by Crippen LogP contribution is -2.17. The van der Waals surface area contributed by atoms with E-state index in [0.29, 0.717) is 0 Å². The summed E-state index contributed by atoms with van der Waals surface area (Å²) in [6.45, 7) is -1.02. The molecule has 0 spiro atoms. The lowest BCUT2D eigenvalue weighted by molar-refractivity contribution is -0.140. The Morgan fingerprint density at radius 3 is 2.93 bits per heavy atom. The van der Waals surface area contributed by atoms with Crippen LogP contribution in [0.25, 0.3) is 6.08 Å². The predicted molar refractivity (Wildman–Crippen MR) is 54.0 cm³/mol. The molecule has 0 aromatic carbocycles. The van der Waals surface area contributed by atoms with Crippen LogP contribution in [0.3, 0.4) is 0 Å². The lowest BCUT2D eigenvalue weighted by atomic mass is 10.5. The zero-order valence-corrected chi connectivity index (χ0v) is 8.77. The summed E-state index contributed by atoms with van der Waals surface area (Å²) in [7, 11) is 1.72. The molecule has 0 saturated carbocycles. The van der Waals surface area contributed by atoms with Crippen LogP contribution in [0.1, 0.15) is 5.82 Å². The van der Waals surface area contributed by atoms with E-state index < -0.39 is 12.7 Å². The largest absolute Gasteiger partial charge is 0.406 e. The Hall–Kier alpha value is -0.950. The molecule has 0 bridgehead atoms. The van der Waals surface area contributed by atoms with E-state index in [9.17, 15) is 13.2 Å². The number of imidazole rings is 1. The Morgan fingerprint density at radius 2 is 2.33 bits per heavy atom. The third-order valence-electron chi connectivity index (χ3n) is 1.50. The van der Waals surface area contributed by atoms with Crippen molar-refractivity contribution in [1.29, 1.82) is 0 Å². The summed E-state index contributed by atoms with van der Waals surface area (Å²) in [5, 5.41) is 1.63. The molecule has 1 aromatic heterocycles. The van der Waals surface area contributed by atoms with Crippen LogP contribution in [-0.4, -0.2) is 22.8 Å². The van der Waals surface area contributed by atoms with Crippen LogP contribution in [0.5, 0.6) is 0 Å². The van der Waals surface area contributed by atoms with Crippen LogP contribution in [0.4, 0.5) is 13.2 Å². The summed E-state index contributed by atoms with van der Waals surface area (Å²) in [6, 6.07) is 0. The summed E-state index contributed by atoms with van der Waals surface area (Å²) < 4.78 is 40.1. The molecular formula is C8H10F3N3S. The van der Waals surface area contributed by atoms with Gasteiger partial charge < -0.3 is 4.57 Å². The highest BCUT2D eigenvalue weighted by Gasteiger charge is 2.28. The van der Waals surface area contributed by atoms with Gasteiger partial charge in [-0.15, -0.1) is 0 Å². The molecule has 0 radical (unpaired) electrons. The first kappa shape index (κ1) is 12.1. The molecule has 84 valence electrons. The molecule has 1 rings (SSSR count). The van der Waals surface area contributed by atoms with Gasteiger partial charge in [-0.3, -0.25) is 4.72 Å². The third kappa shape index (κ3) is 4.39. The van der Waals surface area contributed by atoms with Crippen LogP contribution in [0.2, 0.25) is 0 Å². The van der Waals surface area contributed by atoms with E-state index in [1.54, 1.807) is 12.5 Å². The van der Waals surface area contributed by atoms with Crippen LogP contribution in [0, 0.1) is 0 Å². The summed E-state index contributed by atoms with van der Waals surface area (Å²) >= 11 is 1.27. The second-order valence-corrected chi connectivity index (χ2v) is 3.57. The lowest BCUT2D eigenvalue weighted by Gasteiger charge is -2.08. The first-order valence-electron chi connectivity index (χ1n) is 4.10. The van der Waals surface area contributed by atoms with Crippen molar-refractivity contribution in [2.45, 2.75) is 12.7 Å². The minimum absolute atomic E-state index is 0.287. The quantitative estimate of drug-likeness (QED) is 0.815. The van der Waals surface area contributed by atoms with Crippen LogP contribution in [-0.2, 0) is 6.54 Å². The molecule has 7 heteroatoms. The number of nitrogens with one attached hydrogen (secondary N) is 1. The smallest absolute Gasteiger partial charge is 0.322 e. The van der Waals surface area contributed by atoms with Gasteiger partial charge in [-0.25, -0.2) is 4.98 Å². The fourth-order valence-corrected chi connectivity index (χ4v) is 1.30. The van der Waals surface area contributed by atoms with Gasteiger partial charge in [0.15, 0.2) is 0 Å². The highest BCUT2D eigenvalue weighted by atomic mass is 32.2. The molecule has 0 unspecified atom stereocenters. The molecule has 0 aliphatic carbocycles. The van der Waals surface area contributed by atoms with E-state index >= 15 is 0 Å². The van der Waals surface area contributed by atoms with Crippen molar-refractivity contribution in [2.75, 3.05) is 7.05 Å². The Balaban J connectivity index is 2.69. The second kappa shape index (κ2) is 5.22. The SMILES string of the molecule is CNS/C=C/c1nccn1CC(F)(F)F. The van der Waals surface area contributed by atoms with Crippen molar-refractivity contribution in [2.24, 2.45) is 0 Å². The van der Waals surface area contributed by atoms with Crippen LogP contribution in [0.15, 0.2) is 17.8 Å². The first-order chi connectivity index (χ1) is 7.03. The number of nitrogens with zero attached hydrogens (tertiary/aromatic N) is 2. The van der Waals surface area contributed by atoms with Gasteiger partial charge in [-0.1, -0.05) is 11.9 Å². The molecule has 3 nitrogen and oxygen atoms in total. The van der Waals surface area contributed by atoms with Crippen molar-refractivity contribution >= 4 is 18.0 Å². The van der Waals surface area contributed by atoms with Gasteiger partial charge in [0.1, 0.15) is 12.4 Å². The van der Waals surface area contributed by atoms with Gasteiger partial charge in [0.2, 0.25) is 0 Å². The number of rotatable bonds is 4. The van der Waals surface area contributed by atoms with Crippen molar-refractivity contribution in [3.05, 3.63) is 23.6 Å². The fourth-order valence-electron chi connectivity index (χ4n) is 0.969. The van der Waals surface area contributed by atoms with Gasteiger partial charge in [-0.05, 0) is 18.5 Å². The minimum atomic E-state index is -4.22. The van der Waals surface area contributed by atoms with Crippen LogP contribution >= 0.6 is 11.9 Å². The number of hydrogen-bond donors (Lipinski definition) is 1. The maximum absolute atomic E-state index is 12.1. The summed E-state index contributed by atoms with van der Waals surface area (Å²) in [5.74, 6) is 0.287. The summed E-state index contributed by atoms with van der Waals surface area (Å²) in [6.07, 6.45) is -0.0565. The van der Waals surface area contributed by atoms with Gasteiger partial charge in [-0.2, -0.15) is 13.2 Å². The normalized spacial score (nSPS) is 12.5. The monoisotopic (exact) mass is 237 g/mol. The summed E-state index contributed by atoms with van der Waals surface area (Å²) in [5.41, 5.74) is 0. The Bertz CT molecular complexity index is 332. The molecule has 0 aliphatic rings. The molecule has 1 N–H and O–H groups in total. The van der Waals surface area contributed by atoms with Gasteiger partial charge >= 0.3 is 6.18 Å². The first-order valence-corrected chi connectivity index (χ1v) is 4.98. The second-order valence-electron chi connectivity index (χ2n) is 2.65. The van der Waals surface area contributed by atoms with E-state index in [1.807, 2.05) is 0 Å². The van der Waals surface area contributed by atoms with Gasteiger partial charge in [0, 0.05) is 12.4 Å². The molecule has 0 fully saturated rings. The number of hydrogen-bond acceptors (Lipinski definition) is 3. The number of alkyl halides is 3. The van der Waals surface area contributed by atoms with Crippen LogP contribution < -0.4 is 4.72 Å². The molecule has 0 aliphatic heterocycles. The van der Waals surface area contributed by atoms with Crippen molar-refractivity contribution < 1.29 is 13.2 Å². The van der Waals surface area contributed by atoms with E-state index in [-0.39, 0.29) is 5.82 Å². The van der Waals surface area contributed by atoms with Crippen molar-refractivity contribution in [1.82, 2.24) is 14.3 Å². The molecule has 15 heavy (non-hydrogen) atoms. The topological polar surface area (TPSA) is 29.9 Å². The molecule has 0 atom stereocenters. The average molecular weight is 237 g/mol. The zero-order valence-electron chi connectivity index (χ0n) is 7.95. The van der Waals surface area contributed by atoms with E-state index in [1.165, 1.54) is 30.4 Å². The average Bonchev–Trinajstić information content (AvgIpc) is 2.50. The molecule has 1 heterocycles. The highest BCUT2D eigenvalue weighted by molar-refractivity contribution is 8.00.